The lowest BCUT2D eigenvalue weighted by atomic mass is 10.1. The predicted octanol–water partition coefficient (Wildman–Crippen LogP) is 1.75. The van der Waals surface area contributed by atoms with Crippen LogP contribution in [0.3, 0.4) is 0 Å². The molecule has 0 atom stereocenters. The second kappa shape index (κ2) is 4.02. The van der Waals surface area contributed by atoms with E-state index in [0.717, 1.165) is 27.8 Å². The summed E-state index contributed by atoms with van der Waals surface area (Å²) in [5.41, 5.74) is 8.72. The number of pyridine rings is 1. The minimum absolute atomic E-state index is 0.733. The Kier molecular flexibility index (Phi) is 2.73. The molecule has 5 heteroatoms. The Labute approximate surface area is 96.3 Å². The molecule has 15 heavy (non-hydrogen) atoms. The average Bonchev–Trinajstić information content (AvgIpc) is 2.53. The first-order chi connectivity index (χ1) is 7.18. The molecule has 0 aromatic carbocycles. The van der Waals surface area contributed by atoms with Crippen LogP contribution in [0, 0.1) is 0 Å². The molecule has 2 aromatic heterocycles. The molecule has 2 heterocycles. The summed E-state index contributed by atoms with van der Waals surface area (Å²) in [5, 5.41) is 4.15. The molecular formula is C10H11BrN4. The van der Waals surface area contributed by atoms with E-state index in [1.54, 1.807) is 24.7 Å². The van der Waals surface area contributed by atoms with Gasteiger partial charge in [0.15, 0.2) is 0 Å². The number of nitrogens with zero attached hydrogens (tertiary/aromatic N) is 3. The van der Waals surface area contributed by atoms with Crippen molar-refractivity contribution in [3.63, 3.8) is 0 Å². The van der Waals surface area contributed by atoms with Crippen molar-refractivity contribution >= 4 is 21.6 Å². The molecule has 0 amide bonds. The van der Waals surface area contributed by atoms with Crippen LogP contribution in [0.25, 0.3) is 0 Å². The van der Waals surface area contributed by atoms with Crippen molar-refractivity contribution in [2.45, 2.75) is 6.42 Å². The summed E-state index contributed by atoms with van der Waals surface area (Å²) in [6.07, 6.45) is 5.99. The third-order valence-corrected chi connectivity index (χ3v) is 2.97. The first kappa shape index (κ1) is 10.2. The molecule has 4 nitrogen and oxygen atoms in total. The molecule has 0 saturated carbocycles. The minimum Gasteiger partial charge on any atom is -0.398 e. The number of aromatic nitrogens is 3. The highest BCUT2D eigenvalue weighted by molar-refractivity contribution is 9.10. The molecular weight excluding hydrogens is 256 g/mol. The number of nitrogen functional groups attached to an aromatic ring is 1. The van der Waals surface area contributed by atoms with Crippen LogP contribution in [-0.2, 0) is 13.5 Å². The van der Waals surface area contributed by atoms with E-state index < -0.39 is 0 Å². The van der Waals surface area contributed by atoms with Gasteiger partial charge >= 0.3 is 0 Å². The summed E-state index contributed by atoms with van der Waals surface area (Å²) in [7, 11) is 1.91. The number of aryl methyl sites for hydroxylation is 1. The molecule has 0 spiro atoms. The number of hydrogen-bond acceptors (Lipinski definition) is 3. The molecule has 0 radical (unpaired) electrons. The van der Waals surface area contributed by atoms with Crippen LogP contribution < -0.4 is 5.73 Å². The fraction of sp³-hybridized carbons (Fsp3) is 0.200. The zero-order valence-electron chi connectivity index (χ0n) is 8.31. The Bertz CT molecular complexity index is 459. The maximum absolute atomic E-state index is 5.85. The molecule has 2 aromatic rings. The molecule has 78 valence electrons. The van der Waals surface area contributed by atoms with Crippen molar-refractivity contribution in [1.82, 2.24) is 14.8 Å². The number of hydrogen-bond donors (Lipinski definition) is 1. The van der Waals surface area contributed by atoms with E-state index in [0.29, 0.717) is 0 Å². The monoisotopic (exact) mass is 266 g/mol. The standard InChI is InChI=1S/C10H11BrN4/c1-15-10(8(11)6-14-15)4-7-5-13-3-2-9(7)12/h2-3,5-6H,4H2,1H3,(H2,12,13). The molecule has 0 fully saturated rings. The van der Waals surface area contributed by atoms with Crippen LogP contribution in [0.15, 0.2) is 29.1 Å². The van der Waals surface area contributed by atoms with Crippen LogP contribution in [0.5, 0.6) is 0 Å². The summed E-state index contributed by atoms with van der Waals surface area (Å²) in [6.45, 7) is 0. The van der Waals surface area contributed by atoms with Crippen LogP contribution in [0.4, 0.5) is 5.69 Å². The average molecular weight is 267 g/mol. The molecule has 0 unspecified atom stereocenters. The Morgan fingerprint density at radius 2 is 2.27 bits per heavy atom. The summed E-state index contributed by atoms with van der Waals surface area (Å²) in [4.78, 5) is 4.06. The second-order valence-corrected chi connectivity index (χ2v) is 4.17. The van der Waals surface area contributed by atoms with Gasteiger partial charge in [-0.3, -0.25) is 9.67 Å². The predicted molar refractivity (Wildman–Crippen MR) is 62.4 cm³/mol. The van der Waals surface area contributed by atoms with Gasteiger partial charge in [0.25, 0.3) is 0 Å². The van der Waals surface area contributed by atoms with Crippen LogP contribution in [0.2, 0.25) is 0 Å². The fourth-order valence-corrected chi connectivity index (χ4v) is 1.89. The number of anilines is 1. The Morgan fingerprint density at radius 1 is 1.47 bits per heavy atom. The molecule has 0 bridgehead atoms. The molecule has 0 aliphatic heterocycles. The third-order valence-electron chi connectivity index (χ3n) is 2.31. The van der Waals surface area contributed by atoms with Gasteiger partial charge in [0.05, 0.1) is 16.4 Å². The van der Waals surface area contributed by atoms with Crippen molar-refractivity contribution in [2.24, 2.45) is 7.05 Å². The van der Waals surface area contributed by atoms with Crippen molar-refractivity contribution < 1.29 is 0 Å². The van der Waals surface area contributed by atoms with Crippen molar-refractivity contribution in [3.8, 4) is 0 Å². The van der Waals surface area contributed by atoms with Crippen LogP contribution in [0.1, 0.15) is 11.3 Å². The first-order valence-electron chi connectivity index (χ1n) is 4.53. The topological polar surface area (TPSA) is 56.7 Å². The first-order valence-corrected chi connectivity index (χ1v) is 5.32. The SMILES string of the molecule is Cn1ncc(Br)c1Cc1cnccc1N. The van der Waals surface area contributed by atoms with E-state index in [1.165, 1.54) is 0 Å². The Balaban J connectivity index is 2.34. The van der Waals surface area contributed by atoms with Gasteiger partial charge in [-0.15, -0.1) is 0 Å². The third kappa shape index (κ3) is 2.02. The molecule has 2 N–H and O–H groups in total. The highest BCUT2D eigenvalue weighted by atomic mass is 79.9. The van der Waals surface area contributed by atoms with E-state index in [1.807, 2.05) is 11.7 Å². The van der Waals surface area contributed by atoms with Gasteiger partial charge in [-0.2, -0.15) is 5.10 Å². The zero-order chi connectivity index (χ0) is 10.8. The molecule has 2 rings (SSSR count). The van der Waals surface area contributed by atoms with Crippen LogP contribution in [-0.4, -0.2) is 14.8 Å². The quantitative estimate of drug-likeness (QED) is 0.901. The minimum atomic E-state index is 0.733. The Morgan fingerprint density at radius 3 is 2.87 bits per heavy atom. The second-order valence-electron chi connectivity index (χ2n) is 3.31. The van der Waals surface area contributed by atoms with E-state index in [4.69, 9.17) is 5.73 Å². The summed E-state index contributed by atoms with van der Waals surface area (Å²) in [6, 6.07) is 1.81. The Hall–Kier alpha value is -1.36. The summed E-state index contributed by atoms with van der Waals surface area (Å²) in [5.74, 6) is 0. The fourth-order valence-electron chi connectivity index (χ4n) is 1.40. The number of nitrogens with two attached hydrogens (primary N) is 1. The van der Waals surface area contributed by atoms with Crippen LogP contribution >= 0.6 is 15.9 Å². The van der Waals surface area contributed by atoms with Gasteiger partial charge < -0.3 is 5.73 Å². The van der Waals surface area contributed by atoms with Gasteiger partial charge in [-0.1, -0.05) is 0 Å². The van der Waals surface area contributed by atoms with Crippen molar-refractivity contribution in [1.29, 1.82) is 0 Å². The van der Waals surface area contributed by atoms with Gasteiger partial charge in [0.1, 0.15) is 0 Å². The lowest BCUT2D eigenvalue weighted by molar-refractivity contribution is 0.723. The van der Waals surface area contributed by atoms with E-state index in [2.05, 4.69) is 26.0 Å². The van der Waals surface area contributed by atoms with Crippen molar-refractivity contribution in [2.75, 3.05) is 5.73 Å². The molecule has 0 saturated heterocycles. The van der Waals surface area contributed by atoms with E-state index in [-0.39, 0.29) is 0 Å². The normalized spacial score (nSPS) is 10.5. The molecule has 0 aliphatic rings. The number of halogens is 1. The lowest BCUT2D eigenvalue weighted by Gasteiger charge is -2.05. The van der Waals surface area contributed by atoms with Gasteiger partial charge in [-0.05, 0) is 27.6 Å². The van der Waals surface area contributed by atoms with Gasteiger partial charge in [0, 0.05) is 31.5 Å². The van der Waals surface area contributed by atoms with Gasteiger partial charge in [-0.25, -0.2) is 0 Å². The van der Waals surface area contributed by atoms with E-state index >= 15 is 0 Å². The highest BCUT2D eigenvalue weighted by Crippen LogP contribution is 2.21. The van der Waals surface area contributed by atoms with Gasteiger partial charge in [0.2, 0.25) is 0 Å². The van der Waals surface area contributed by atoms with Crippen molar-refractivity contribution in [3.05, 3.63) is 40.4 Å². The van der Waals surface area contributed by atoms with E-state index in [9.17, 15) is 0 Å². The summed E-state index contributed by atoms with van der Waals surface area (Å²) < 4.78 is 2.82. The molecule has 0 aliphatic carbocycles. The largest absolute Gasteiger partial charge is 0.398 e. The maximum Gasteiger partial charge on any atom is 0.0635 e. The lowest BCUT2D eigenvalue weighted by Crippen LogP contribution is -2.02. The number of rotatable bonds is 2. The highest BCUT2D eigenvalue weighted by Gasteiger charge is 2.08. The maximum atomic E-state index is 5.85. The summed E-state index contributed by atoms with van der Waals surface area (Å²) >= 11 is 3.45. The zero-order valence-corrected chi connectivity index (χ0v) is 9.90. The smallest absolute Gasteiger partial charge is 0.0635 e.